The molecule has 0 fully saturated rings. The Morgan fingerprint density at radius 3 is 2.38 bits per heavy atom. The Bertz CT molecular complexity index is 670. The van der Waals surface area contributed by atoms with Crippen molar-refractivity contribution in [3.05, 3.63) is 54.6 Å². The predicted octanol–water partition coefficient (Wildman–Crippen LogP) is 3.22. The normalized spacial score (nSPS) is 13.4. The van der Waals surface area contributed by atoms with Gasteiger partial charge in [0.1, 0.15) is 5.75 Å². The Morgan fingerprint density at radius 1 is 1.12 bits per heavy atom. The summed E-state index contributed by atoms with van der Waals surface area (Å²) in [5.41, 5.74) is 7.40. The molecule has 0 aliphatic rings. The van der Waals surface area contributed by atoms with Gasteiger partial charge in [-0.05, 0) is 24.5 Å². The number of ether oxygens (including phenoxy) is 1. The molecule has 1 atom stereocenters. The third kappa shape index (κ3) is 4.36. The van der Waals surface area contributed by atoms with E-state index in [1.807, 2.05) is 75.4 Å². The van der Waals surface area contributed by atoms with Crippen molar-refractivity contribution in [1.82, 2.24) is 5.32 Å². The molecular weight excluding hydrogens is 300 g/mol. The molecule has 1 amide bonds. The molecule has 0 heterocycles. The number of nitrogens with one attached hydrogen (secondary N) is 1. The fourth-order valence-corrected chi connectivity index (χ4v) is 2.38. The molecule has 4 heteroatoms. The predicted molar refractivity (Wildman–Crippen MR) is 97.8 cm³/mol. The Balaban J connectivity index is 2.07. The number of hydrogen-bond acceptors (Lipinski definition) is 3. The number of hydrogen-bond donors (Lipinski definition) is 2. The summed E-state index contributed by atoms with van der Waals surface area (Å²) in [6, 6.07) is 17.7. The topological polar surface area (TPSA) is 64.3 Å². The molecule has 0 aliphatic heterocycles. The van der Waals surface area contributed by atoms with E-state index >= 15 is 0 Å². The minimum Gasteiger partial charge on any atom is -0.483 e. The van der Waals surface area contributed by atoms with E-state index < -0.39 is 5.54 Å². The highest BCUT2D eigenvalue weighted by Gasteiger charge is 2.28. The van der Waals surface area contributed by atoms with E-state index in [0.717, 1.165) is 11.1 Å². The first-order chi connectivity index (χ1) is 11.5. The fraction of sp³-hybridized carbons (Fsp3) is 0.350. The highest BCUT2D eigenvalue weighted by atomic mass is 16.5. The van der Waals surface area contributed by atoms with Crippen LogP contribution in [0.5, 0.6) is 5.75 Å². The number of rotatable bonds is 7. The minimum atomic E-state index is -0.431. The van der Waals surface area contributed by atoms with E-state index in [2.05, 4.69) is 5.32 Å². The lowest BCUT2D eigenvalue weighted by molar-refractivity contribution is -0.125. The van der Waals surface area contributed by atoms with Gasteiger partial charge in [-0.3, -0.25) is 4.79 Å². The third-order valence-electron chi connectivity index (χ3n) is 4.45. The lowest BCUT2D eigenvalue weighted by Crippen LogP contribution is -2.56. The summed E-state index contributed by atoms with van der Waals surface area (Å²) in [7, 11) is 0. The summed E-state index contributed by atoms with van der Waals surface area (Å²) in [6.45, 7) is 6.38. The second-order valence-corrected chi connectivity index (χ2v) is 6.48. The van der Waals surface area contributed by atoms with Gasteiger partial charge in [-0.15, -0.1) is 0 Å². The maximum absolute atomic E-state index is 12.3. The second-order valence-electron chi connectivity index (χ2n) is 6.48. The monoisotopic (exact) mass is 326 g/mol. The number of amides is 1. The Kier molecular flexibility index (Phi) is 5.99. The molecule has 0 bridgehead atoms. The number of carbonyl (C=O) groups excluding carboxylic acids is 1. The van der Waals surface area contributed by atoms with Crippen molar-refractivity contribution in [3.63, 3.8) is 0 Å². The maximum atomic E-state index is 12.3. The van der Waals surface area contributed by atoms with Crippen molar-refractivity contribution in [2.24, 2.45) is 11.7 Å². The Labute approximate surface area is 144 Å². The Morgan fingerprint density at radius 2 is 1.75 bits per heavy atom. The molecule has 0 spiro atoms. The third-order valence-corrected chi connectivity index (χ3v) is 4.45. The molecule has 3 N–H and O–H groups in total. The van der Waals surface area contributed by atoms with Crippen molar-refractivity contribution in [2.75, 3.05) is 13.2 Å². The first-order valence-electron chi connectivity index (χ1n) is 8.24. The summed E-state index contributed by atoms with van der Waals surface area (Å²) >= 11 is 0. The van der Waals surface area contributed by atoms with E-state index in [4.69, 9.17) is 10.5 Å². The van der Waals surface area contributed by atoms with Crippen LogP contribution in [0.15, 0.2) is 54.6 Å². The van der Waals surface area contributed by atoms with Gasteiger partial charge in [-0.25, -0.2) is 0 Å². The molecule has 0 aliphatic carbocycles. The SMILES string of the molecule is CC(C)C(C)(CN)NC(=O)COc1ccccc1-c1ccccc1. The van der Waals surface area contributed by atoms with Gasteiger partial charge >= 0.3 is 0 Å². The zero-order chi connectivity index (χ0) is 17.6. The molecule has 0 radical (unpaired) electrons. The van der Waals surface area contributed by atoms with Crippen LogP contribution in [-0.2, 0) is 4.79 Å². The van der Waals surface area contributed by atoms with Crippen LogP contribution in [0, 0.1) is 5.92 Å². The van der Waals surface area contributed by atoms with Crippen LogP contribution < -0.4 is 15.8 Å². The van der Waals surface area contributed by atoms with Gasteiger partial charge in [0.15, 0.2) is 6.61 Å². The van der Waals surface area contributed by atoms with Crippen molar-refractivity contribution in [1.29, 1.82) is 0 Å². The molecule has 1 unspecified atom stereocenters. The molecule has 2 aromatic carbocycles. The minimum absolute atomic E-state index is 0.0356. The van der Waals surface area contributed by atoms with Crippen molar-refractivity contribution < 1.29 is 9.53 Å². The zero-order valence-corrected chi connectivity index (χ0v) is 14.6. The molecule has 4 nitrogen and oxygen atoms in total. The van der Waals surface area contributed by atoms with Gasteiger partial charge in [0.2, 0.25) is 0 Å². The molecule has 128 valence electrons. The van der Waals surface area contributed by atoms with Gasteiger partial charge in [0.05, 0.1) is 5.54 Å². The lowest BCUT2D eigenvalue weighted by Gasteiger charge is -2.33. The van der Waals surface area contributed by atoms with E-state index in [9.17, 15) is 4.79 Å². The van der Waals surface area contributed by atoms with Crippen molar-refractivity contribution in [3.8, 4) is 16.9 Å². The average Bonchev–Trinajstić information content (AvgIpc) is 2.60. The fourth-order valence-electron chi connectivity index (χ4n) is 2.38. The number of carbonyl (C=O) groups is 1. The van der Waals surface area contributed by atoms with Crippen LogP contribution in [0.1, 0.15) is 20.8 Å². The van der Waals surface area contributed by atoms with Gasteiger partial charge in [0.25, 0.3) is 5.91 Å². The first-order valence-corrected chi connectivity index (χ1v) is 8.24. The summed E-state index contributed by atoms with van der Waals surface area (Å²) in [5.74, 6) is 0.764. The average molecular weight is 326 g/mol. The molecule has 0 saturated carbocycles. The van der Waals surface area contributed by atoms with Crippen LogP contribution in [0.2, 0.25) is 0 Å². The van der Waals surface area contributed by atoms with Crippen molar-refractivity contribution in [2.45, 2.75) is 26.3 Å². The lowest BCUT2D eigenvalue weighted by atomic mass is 9.88. The van der Waals surface area contributed by atoms with E-state index in [0.29, 0.717) is 12.3 Å². The maximum Gasteiger partial charge on any atom is 0.258 e. The van der Waals surface area contributed by atoms with Gasteiger partial charge in [-0.2, -0.15) is 0 Å². The summed E-state index contributed by atoms with van der Waals surface area (Å²) in [5, 5.41) is 2.98. The molecular formula is C20H26N2O2. The summed E-state index contributed by atoms with van der Waals surface area (Å²) < 4.78 is 5.77. The van der Waals surface area contributed by atoms with E-state index in [1.54, 1.807) is 0 Å². The number of para-hydroxylation sites is 1. The highest BCUT2D eigenvalue weighted by Crippen LogP contribution is 2.29. The number of benzene rings is 2. The summed E-state index contributed by atoms with van der Waals surface area (Å²) in [4.78, 5) is 12.3. The Hall–Kier alpha value is -2.33. The van der Waals surface area contributed by atoms with Gasteiger partial charge in [0, 0.05) is 12.1 Å². The molecule has 0 saturated heterocycles. The molecule has 0 aromatic heterocycles. The van der Waals surface area contributed by atoms with Crippen LogP contribution in [0.3, 0.4) is 0 Å². The largest absolute Gasteiger partial charge is 0.483 e. The highest BCUT2D eigenvalue weighted by molar-refractivity contribution is 5.79. The number of nitrogens with two attached hydrogens (primary N) is 1. The van der Waals surface area contributed by atoms with Crippen molar-refractivity contribution >= 4 is 5.91 Å². The standard InChI is InChI=1S/C20H26N2O2/c1-15(2)20(3,14-21)22-19(23)13-24-18-12-8-7-11-17(18)16-9-5-4-6-10-16/h4-12,15H,13-14,21H2,1-3H3,(H,22,23). The van der Waals surface area contributed by atoms with Crippen LogP contribution in [-0.4, -0.2) is 24.6 Å². The van der Waals surface area contributed by atoms with E-state index in [-0.39, 0.29) is 18.4 Å². The molecule has 24 heavy (non-hydrogen) atoms. The molecule has 2 rings (SSSR count). The van der Waals surface area contributed by atoms with Crippen LogP contribution in [0.4, 0.5) is 0 Å². The van der Waals surface area contributed by atoms with E-state index in [1.165, 1.54) is 0 Å². The summed E-state index contributed by atoms with van der Waals surface area (Å²) in [6.07, 6.45) is 0. The van der Waals surface area contributed by atoms with Gasteiger partial charge in [-0.1, -0.05) is 62.4 Å². The smallest absolute Gasteiger partial charge is 0.258 e. The first kappa shape index (κ1) is 18.0. The second kappa shape index (κ2) is 7.97. The zero-order valence-electron chi connectivity index (χ0n) is 14.6. The van der Waals surface area contributed by atoms with Crippen LogP contribution in [0.25, 0.3) is 11.1 Å². The quantitative estimate of drug-likeness (QED) is 0.821. The van der Waals surface area contributed by atoms with Crippen LogP contribution >= 0.6 is 0 Å². The van der Waals surface area contributed by atoms with Gasteiger partial charge < -0.3 is 15.8 Å². The molecule has 2 aromatic rings.